The molecule has 0 radical (unpaired) electrons. The zero-order chi connectivity index (χ0) is 18.9. The molecule has 1 aromatic carbocycles. The maximum Gasteiger partial charge on any atom is 0.281 e. The zero-order valence-electron chi connectivity index (χ0n) is 14.5. The van der Waals surface area contributed by atoms with Crippen LogP contribution in [-0.4, -0.2) is 78.3 Å². The number of carbonyl (C=O) groups is 1. The SMILES string of the molecule is CN(C)S(=O)(=O)N1CCN(C(=O)c2cc(-c3ccc(Cl)cc3)n[nH]2)CC1. The van der Waals surface area contributed by atoms with E-state index < -0.39 is 10.2 Å². The maximum absolute atomic E-state index is 12.6. The third-order valence-corrected chi connectivity index (χ3v) is 6.45. The third-order valence-electron chi connectivity index (χ3n) is 4.26. The first-order valence-corrected chi connectivity index (χ1v) is 9.85. The van der Waals surface area contributed by atoms with Gasteiger partial charge in [-0.3, -0.25) is 9.89 Å². The van der Waals surface area contributed by atoms with Crippen molar-refractivity contribution in [1.82, 2.24) is 23.7 Å². The van der Waals surface area contributed by atoms with Gasteiger partial charge in [0.05, 0.1) is 5.69 Å². The van der Waals surface area contributed by atoms with Crippen molar-refractivity contribution < 1.29 is 13.2 Å². The van der Waals surface area contributed by atoms with Crippen LogP contribution in [-0.2, 0) is 10.2 Å². The molecule has 2 heterocycles. The van der Waals surface area contributed by atoms with Gasteiger partial charge in [-0.05, 0) is 18.2 Å². The summed E-state index contributed by atoms with van der Waals surface area (Å²) < 4.78 is 26.8. The average molecular weight is 398 g/mol. The van der Waals surface area contributed by atoms with Crippen molar-refractivity contribution in [1.29, 1.82) is 0 Å². The lowest BCUT2D eigenvalue weighted by Crippen LogP contribution is -2.53. The van der Waals surface area contributed by atoms with E-state index in [1.807, 2.05) is 12.1 Å². The number of H-pyrrole nitrogens is 1. The van der Waals surface area contributed by atoms with Gasteiger partial charge in [-0.2, -0.15) is 22.1 Å². The van der Waals surface area contributed by atoms with Crippen LogP contribution >= 0.6 is 11.6 Å². The Morgan fingerprint density at radius 3 is 2.35 bits per heavy atom. The first kappa shape index (κ1) is 18.8. The first-order valence-electron chi connectivity index (χ1n) is 8.07. The van der Waals surface area contributed by atoms with Crippen LogP contribution in [0.3, 0.4) is 0 Å². The molecule has 1 fully saturated rings. The van der Waals surface area contributed by atoms with E-state index in [1.54, 1.807) is 23.1 Å². The van der Waals surface area contributed by atoms with Gasteiger partial charge < -0.3 is 4.90 Å². The number of aromatic nitrogens is 2. The molecule has 1 aliphatic rings. The van der Waals surface area contributed by atoms with E-state index in [2.05, 4.69) is 10.2 Å². The van der Waals surface area contributed by atoms with Crippen molar-refractivity contribution in [2.45, 2.75) is 0 Å². The lowest BCUT2D eigenvalue weighted by molar-refractivity contribution is 0.0689. The molecule has 3 rings (SSSR count). The molecule has 0 aliphatic carbocycles. The molecular formula is C16H20ClN5O3S. The molecule has 0 saturated carbocycles. The topological polar surface area (TPSA) is 89.6 Å². The van der Waals surface area contributed by atoms with E-state index in [1.165, 1.54) is 22.7 Å². The molecule has 0 spiro atoms. The minimum Gasteiger partial charge on any atom is -0.335 e. The summed E-state index contributed by atoms with van der Waals surface area (Å²) in [5.74, 6) is -0.195. The lowest BCUT2D eigenvalue weighted by Gasteiger charge is -2.34. The Morgan fingerprint density at radius 1 is 1.15 bits per heavy atom. The van der Waals surface area contributed by atoms with E-state index in [0.29, 0.717) is 29.5 Å². The van der Waals surface area contributed by atoms with Gasteiger partial charge in [-0.1, -0.05) is 23.7 Å². The lowest BCUT2D eigenvalue weighted by atomic mass is 10.1. The number of carbonyl (C=O) groups excluding carboxylic acids is 1. The van der Waals surface area contributed by atoms with Gasteiger partial charge in [0, 0.05) is 50.9 Å². The molecule has 2 aromatic rings. The van der Waals surface area contributed by atoms with E-state index in [-0.39, 0.29) is 19.0 Å². The minimum atomic E-state index is -3.45. The van der Waals surface area contributed by atoms with Gasteiger partial charge in [0.2, 0.25) is 0 Å². The molecular weight excluding hydrogens is 378 g/mol. The van der Waals surface area contributed by atoms with Gasteiger partial charge in [0.15, 0.2) is 0 Å². The normalized spacial score (nSPS) is 16.2. The molecule has 1 saturated heterocycles. The number of hydrogen-bond acceptors (Lipinski definition) is 4. The number of nitrogens with one attached hydrogen (secondary N) is 1. The van der Waals surface area contributed by atoms with Gasteiger partial charge >= 0.3 is 0 Å². The summed E-state index contributed by atoms with van der Waals surface area (Å²) in [6, 6.07) is 8.87. The second-order valence-electron chi connectivity index (χ2n) is 6.16. The fourth-order valence-corrected chi connectivity index (χ4v) is 3.94. The van der Waals surface area contributed by atoms with Crippen molar-refractivity contribution in [3.63, 3.8) is 0 Å². The standard InChI is InChI=1S/C16H20ClN5O3S/c1-20(2)26(24,25)22-9-7-21(8-10-22)16(23)15-11-14(18-19-15)12-3-5-13(17)6-4-12/h3-6,11H,7-10H2,1-2H3,(H,18,19). The molecule has 0 bridgehead atoms. The fraction of sp³-hybridized carbons (Fsp3) is 0.375. The number of piperazine rings is 1. The fourth-order valence-electron chi connectivity index (χ4n) is 2.72. The van der Waals surface area contributed by atoms with Crippen LogP contribution in [0, 0.1) is 0 Å². The Balaban J connectivity index is 1.67. The number of amides is 1. The largest absolute Gasteiger partial charge is 0.335 e. The number of aromatic amines is 1. The highest BCUT2D eigenvalue weighted by Crippen LogP contribution is 2.21. The van der Waals surface area contributed by atoms with Gasteiger partial charge in [-0.25, -0.2) is 0 Å². The summed E-state index contributed by atoms with van der Waals surface area (Å²) in [7, 11) is -0.460. The van der Waals surface area contributed by atoms with E-state index in [4.69, 9.17) is 11.6 Å². The smallest absolute Gasteiger partial charge is 0.281 e. The molecule has 140 valence electrons. The second kappa shape index (κ2) is 7.36. The highest BCUT2D eigenvalue weighted by atomic mass is 35.5. The van der Waals surface area contributed by atoms with Gasteiger partial charge in [0.25, 0.3) is 16.1 Å². The van der Waals surface area contributed by atoms with Crippen LogP contribution in [0.2, 0.25) is 5.02 Å². The molecule has 1 aromatic heterocycles. The monoisotopic (exact) mass is 397 g/mol. The number of nitrogens with zero attached hydrogens (tertiary/aromatic N) is 4. The van der Waals surface area contributed by atoms with Crippen molar-refractivity contribution in [3.05, 3.63) is 41.0 Å². The zero-order valence-corrected chi connectivity index (χ0v) is 16.1. The Kier molecular flexibility index (Phi) is 5.33. The number of hydrogen-bond donors (Lipinski definition) is 1. The van der Waals surface area contributed by atoms with Crippen LogP contribution in [0.25, 0.3) is 11.3 Å². The molecule has 8 nitrogen and oxygen atoms in total. The van der Waals surface area contributed by atoms with Crippen LogP contribution < -0.4 is 0 Å². The van der Waals surface area contributed by atoms with Crippen molar-refractivity contribution in [2.75, 3.05) is 40.3 Å². The summed E-state index contributed by atoms with van der Waals surface area (Å²) in [4.78, 5) is 14.3. The number of benzene rings is 1. The maximum atomic E-state index is 12.6. The summed E-state index contributed by atoms with van der Waals surface area (Å²) in [5.41, 5.74) is 1.88. The highest BCUT2D eigenvalue weighted by molar-refractivity contribution is 7.86. The average Bonchev–Trinajstić information content (AvgIpc) is 3.11. The van der Waals surface area contributed by atoms with E-state index in [0.717, 1.165) is 5.56 Å². The van der Waals surface area contributed by atoms with Gasteiger partial charge in [0.1, 0.15) is 5.69 Å². The van der Waals surface area contributed by atoms with Crippen LogP contribution in [0.4, 0.5) is 0 Å². The third kappa shape index (κ3) is 3.75. The Labute approximate surface area is 157 Å². The van der Waals surface area contributed by atoms with Crippen LogP contribution in [0.1, 0.15) is 10.5 Å². The predicted molar refractivity (Wildman–Crippen MR) is 99.1 cm³/mol. The minimum absolute atomic E-state index is 0.195. The summed E-state index contributed by atoms with van der Waals surface area (Å²) in [5, 5.41) is 7.57. The van der Waals surface area contributed by atoms with E-state index in [9.17, 15) is 13.2 Å². The molecule has 26 heavy (non-hydrogen) atoms. The first-order chi connectivity index (χ1) is 12.3. The van der Waals surface area contributed by atoms with Crippen LogP contribution in [0.5, 0.6) is 0 Å². The molecule has 0 unspecified atom stereocenters. The summed E-state index contributed by atoms with van der Waals surface area (Å²) in [6.07, 6.45) is 0. The second-order valence-corrected chi connectivity index (χ2v) is 8.73. The summed E-state index contributed by atoms with van der Waals surface area (Å²) in [6.45, 7) is 1.21. The molecule has 1 N–H and O–H groups in total. The van der Waals surface area contributed by atoms with Crippen molar-refractivity contribution >= 4 is 27.7 Å². The quantitative estimate of drug-likeness (QED) is 0.841. The molecule has 10 heteroatoms. The molecule has 1 amide bonds. The Hall–Kier alpha value is -1.94. The predicted octanol–water partition coefficient (Wildman–Crippen LogP) is 1.29. The molecule has 1 aliphatic heterocycles. The van der Waals surface area contributed by atoms with Crippen molar-refractivity contribution in [2.24, 2.45) is 0 Å². The molecule has 0 atom stereocenters. The Morgan fingerprint density at radius 2 is 1.77 bits per heavy atom. The van der Waals surface area contributed by atoms with Gasteiger partial charge in [-0.15, -0.1) is 0 Å². The summed E-state index contributed by atoms with van der Waals surface area (Å²) >= 11 is 5.88. The van der Waals surface area contributed by atoms with Crippen LogP contribution in [0.15, 0.2) is 30.3 Å². The number of rotatable bonds is 4. The number of halogens is 1. The highest BCUT2D eigenvalue weighted by Gasteiger charge is 2.31. The van der Waals surface area contributed by atoms with Crippen molar-refractivity contribution in [3.8, 4) is 11.3 Å². The van der Waals surface area contributed by atoms with E-state index >= 15 is 0 Å². The Bertz CT molecular complexity index is 887.